The Morgan fingerprint density at radius 2 is 1.79 bits per heavy atom. The zero-order valence-electron chi connectivity index (χ0n) is 13.0. The van der Waals surface area contributed by atoms with Crippen LogP contribution in [-0.4, -0.2) is 25.5 Å². The number of thiocarbonyl (C=S) groups is 1. The molecule has 0 heterocycles. The smallest absolute Gasteiger partial charge is 0.191 e. The molecule has 0 spiro atoms. The first-order chi connectivity index (χ1) is 11.5. The Balaban J connectivity index is 1.95. The van der Waals surface area contributed by atoms with E-state index in [0.717, 1.165) is 5.56 Å². The molecule has 0 aliphatic heterocycles. The lowest BCUT2D eigenvalue weighted by Crippen LogP contribution is -2.23. The molecule has 0 saturated heterocycles. The summed E-state index contributed by atoms with van der Waals surface area (Å²) in [5, 5.41) is 8.28. The monoisotopic (exact) mass is 383 g/mol. The van der Waals surface area contributed by atoms with E-state index in [4.69, 9.17) is 44.9 Å². The van der Waals surface area contributed by atoms with E-state index < -0.39 is 0 Å². The van der Waals surface area contributed by atoms with Crippen molar-refractivity contribution in [2.75, 3.05) is 19.5 Å². The Morgan fingerprint density at radius 1 is 1.04 bits per heavy atom. The fraction of sp³-hybridized carbons (Fsp3) is 0.125. The highest BCUT2D eigenvalue weighted by Crippen LogP contribution is 2.27. The molecule has 2 aromatic rings. The van der Waals surface area contributed by atoms with Crippen molar-refractivity contribution in [2.24, 2.45) is 5.10 Å². The van der Waals surface area contributed by atoms with Gasteiger partial charge in [0.05, 0.1) is 30.5 Å². The quantitative estimate of drug-likeness (QED) is 0.457. The van der Waals surface area contributed by atoms with Gasteiger partial charge in [-0.25, -0.2) is 0 Å². The van der Waals surface area contributed by atoms with Crippen LogP contribution in [0.3, 0.4) is 0 Å². The zero-order valence-corrected chi connectivity index (χ0v) is 15.3. The van der Waals surface area contributed by atoms with Gasteiger partial charge in [-0.15, -0.1) is 0 Å². The van der Waals surface area contributed by atoms with Gasteiger partial charge in [0, 0.05) is 5.69 Å². The summed E-state index contributed by atoms with van der Waals surface area (Å²) in [5.41, 5.74) is 4.26. The van der Waals surface area contributed by atoms with Crippen molar-refractivity contribution in [1.29, 1.82) is 0 Å². The van der Waals surface area contributed by atoms with Crippen LogP contribution in [0, 0.1) is 0 Å². The maximum atomic E-state index is 5.95. The summed E-state index contributed by atoms with van der Waals surface area (Å²) >= 11 is 17.0. The summed E-state index contributed by atoms with van der Waals surface area (Å²) in [6.45, 7) is 0. The average molecular weight is 384 g/mol. The summed E-state index contributed by atoms with van der Waals surface area (Å²) in [6, 6.07) is 10.6. The van der Waals surface area contributed by atoms with Crippen LogP contribution in [0.2, 0.25) is 10.0 Å². The molecule has 2 N–H and O–H groups in total. The summed E-state index contributed by atoms with van der Waals surface area (Å²) in [6.07, 6.45) is 1.62. The van der Waals surface area contributed by atoms with Crippen LogP contribution in [0.1, 0.15) is 5.56 Å². The molecule has 0 aromatic heterocycles. The number of hydrogen-bond acceptors (Lipinski definition) is 4. The molecule has 0 radical (unpaired) electrons. The van der Waals surface area contributed by atoms with Crippen LogP contribution in [0.4, 0.5) is 5.69 Å². The lowest BCUT2D eigenvalue weighted by molar-refractivity contribution is 0.355. The lowest BCUT2D eigenvalue weighted by Gasteiger charge is -2.08. The number of hydrazone groups is 1. The van der Waals surface area contributed by atoms with Crippen molar-refractivity contribution in [2.45, 2.75) is 0 Å². The molecule has 0 saturated carbocycles. The molecule has 0 aliphatic carbocycles. The summed E-state index contributed by atoms with van der Waals surface area (Å²) in [7, 11) is 3.16. The second kappa shape index (κ2) is 8.73. The van der Waals surface area contributed by atoms with E-state index in [2.05, 4.69) is 15.8 Å². The van der Waals surface area contributed by atoms with Gasteiger partial charge in [-0.05, 0) is 54.2 Å². The van der Waals surface area contributed by atoms with Crippen molar-refractivity contribution in [3.63, 3.8) is 0 Å². The van der Waals surface area contributed by atoms with Crippen molar-refractivity contribution in [1.82, 2.24) is 5.43 Å². The predicted molar refractivity (Wildman–Crippen MR) is 103 cm³/mol. The highest BCUT2D eigenvalue weighted by molar-refractivity contribution is 7.80. The molecule has 0 aliphatic rings. The molecule has 0 unspecified atom stereocenters. The summed E-state index contributed by atoms with van der Waals surface area (Å²) in [4.78, 5) is 0. The number of halogens is 2. The maximum absolute atomic E-state index is 5.95. The Bertz CT molecular complexity index is 769. The SMILES string of the molecule is COc1ccc(C=NNC(=S)Nc2ccc(Cl)c(Cl)c2)cc1OC. The van der Waals surface area contributed by atoms with E-state index in [-0.39, 0.29) is 0 Å². The van der Waals surface area contributed by atoms with E-state index in [1.165, 1.54) is 0 Å². The second-order valence-electron chi connectivity index (χ2n) is 4.57. The highest BCUT2D eigenvalue weighted by Gasteiger charge is 2.03. The number of hydrogen-bond donors (Lipinski definition) is 2. The third-order valence-corrected chi connectivity index (χ3v) is 3.90. The molecule has 0 fully saturated rings. The van der Waals surface area contributed by atoms with Crippen molar-refractivity contribution in [3.8, 4) is 11.5 Å². The number of anilines is 1. The minimum absolute atomic E-state index is 0.324. The summed E-state index contributed by atoms with van der Waals surface area (Å²) in [5.74, 6) is 1.28. The number of nitrogens with zero attached hydrogens (tertiary/aromatic N) is 1. The zero-order chi connectivity index (χ0) is 17.5. The van der Waals surface area contributed by atoms with Gasteiger partial charge >= 0.3 is 0 Å². The number of rotatable bonds is 5. The molecule has 2 aromatic carbocycles. The van der Waals surface area contributed by atoms with Crippen LogP contribution in [-0.2, 0) is 0 Å². The fourth-order valence-corrected chi connectivity index (χ4v) is 2.30. The number of methoxy groups -OCH3 is 2. The second-order valence-corrected chi connectivity index (χ2v) is 5.79. The van der Waals surface area contributed by atoms with Gasteiger partial charge in [-0.3, -0.25) is 5.43 Å². The first-order valence-corrected chi connectivity index (χ1v) is 7.97. The van der Waals surface area contributed by atoms with E-state index in [1.807, 2.05) is 6.07 Å². The third-order valence-electron chi connectivity index (χ3n) is 2.96. The maximum Gasteiger partial charge on any atom is 0.191 e. The van der Waals surface area contributed by atoms with Gasteiger partial charge in [-0.1, -0.05) is 23.2 Å². The van der Waals surface area contributed by atoms with Gasteiger partial charge in [0.1, 0.15) is 0 Å². The van der Waals surface area contributed by atoms with Gasteiger partial charge in [0.25, 0.3) is 0 Å². The van der Waals surface area contributed by atoms with Gasteiger partial charge in [0.15, 0.2) is 16.6 Å². The standard InChI is InChI=1S/C16H15Cl2N3O2S/c1-22-14-6-3-10(7-15(14)23-2)9-19-21-16(24)20-11-4-5-12(17)13(18)8-11/h3-9H,1-2H3,(H2,20,21,24). The van der Waals surface area contributed by atoms with E-state index in [9.17, 15) is 0 Å². The van der Waals surface area contributed by atoms with Gasteiger partial charge in [-0.2, -0.15) is 5.10 Å². The molecule has 126 valence electrons. The first kappa shape index (κ1) is 18.3. The minimum atomic E-state index is 0.324. The van der Waals surface area contributed by atoms with Crippen molar-refractivity contribution >= 4 is 52.4 Å². The van der Waals surface area contributed by atoms with Crippen LogP contribution in [0.25, 0.3) is 0 Å². The van der Waals surface area contributed by atoms with Crippen LogP contribution in [0.15, 0.2) is 41.5 Å². The largest absolute Gasteiger partial charge is 0.493 e. The fourth-order valence-electron chi connectivity index (χ4n) is 1.83. The molecule has 8 heteroatoms. The normalized spacial score (nSPS) is 10.5. The highest BCUT2D eigenvalue weighted by atomic mass is 35.5. The summed E-state index contributed by atoms with van der Waals surface area (Å²) < 4.78 is 10.4. The van der Waals surface area contributed by atoms with Crippen molar-refractivity contribution in [3.05, 3.63) is 52.0 Å². The molecular weight excluding hydrogens is 369 g/mol. The molecule has 0 amide bonds. The molecule has 24 heavy (non-hydrogen) atoms. The number of nitrogens with one attached hydrogen (secondary N) is 2. The molecule has 0 atom stereocenters. The van der Waals surface area contributed by atoms with Crippen molar-refractivity contribution < 1.29 is 9.47 Å². The minimum Gasteiger partial charge on any atom is -0.493 e. The Kier molecular flexibility index (Phi) is 6.66. The van der Waals surface area contributed by atoms with Crippen LogP contribution < -0.4 is 20.2 Å². The third kappa shape index (κ3) is 4.99. The molecule has 5 nitrogen and oxygen atoms in total. The van der Waals surface area contributed by atoms with E-state index in [1.54, 1.807) is 50.8 Å². The molecule has 2 rings (SSSR count). The number of ether oxygens (including phenoxy) is 2. The Labute approximate surface area is 155 Å². The molecule has 0 bridgehead atoms. The number of benzene rings is 2. The van der Waals surface area contributed by atoms with Crippen LogP contribution in [0.5, 0.6) is 11.5 Å². The Morgan fingerprint density at radius 3 is 2.46 bits per heavy atom. The van der Waals surface area contributed by atoms with E-state index >= 15 is 0 Å². The topological polar surface area (TPSA) is 54.9 Å². The lowest BCUT2D eigenvalue weighted by atomic mass is 10.2. The predicted octanol–water partition coefficient (Wildman–Crippen LogP) is 4.33. The first-order valence-electron chi connectivity index (χ1n) is 6.80. The van der Waals surface area contributed by atoms with E-state index in [0.29, 0.717) is 32.3 Å². The van der Waals surface area contributed by atoms with Gasteiger partial charge < -0.3 is 14.8 Å². The molecular formula is C16H15Cl2N3O2S. The van der Waals surface area contributed by atoms with Crippen LogP contribution >= 0.6 is 35.4 Å². The Hall–Kier alpha value is -2.02. The average Bonchev–Trinajstić information content (AvgIpc) is 2.58. The van der Waals surface area contributed by atoms with Gasteiger partial charge in [0.2, 0.25) is 0 Å².